The van der Waals surface area contributed by atoms with Gasteiger partial charge in [-0.05, 0) is 11.6 Å². The molecule has 0 bridgehead atoms. The lowest BCUT2D eigenvalue weighted by molar-refractivity contribution is -0.164. The van der Waals surface area contributed by atoms with Crippen molar-refractivity contribution in [1.82, 2.24) is 23.9 Å². The van der Waals surface area contributed by atoms with Gasteiger partial charge in [-0.1, -0.05) is 6.07 Å². The monoisotopic (exact) mass is 399 g/mol. The van der Waals surface area contributed by atoms with Crippen LogP contribution in [-0.2, 0) is 23.7 Å². The molecule has 4 rings (SSSR count). The van der Waals surface area contributed by atoms with Crippen molar-refractivity contribution < 1.29 is 19.1 Å². The highest BCUT2D eigenvalue weighted by Gasteiger charge is 2.68. The third kappa shape index (κ3) is 2.12. The first kappa shape index (κ1) is 18.6. The molecule has 2 aromatic heterocycles. The van der Waals surface area contributed by atoms with Crippen molar-refractivity contribution in [2.75, 3.05) is 14.1 Å². The van der Waals surface area contributed by atoms with E-state index in [0.29, 0.717) is 5.56 Å². The number of fused-ring (bicyclic) bond motifs is 1. The topological polar surface area (TPSA) is 124 Å². The molecule has 2 aliphatic rings. The van der Waals surface area contributed by atoms with E-state index in [4.69, 9.17) is 4.74 Å². The number of pyridine rings is 1. The van der Waals surface area contributed by atoms with Crippen molar-refractivity contribution in [2.45, 2.75) is 11.5 Å². The first-order valence-electron chi connectivity index (χ1n) is 8.63. The van der Waals surface area contributed by atoms with Gasteiger partial charge >= 0.3 is 11.7 Å². The zero-order valence-corrected chi connectivity index (χ0v) is 16.1. The third-order valence-corrected chi connectivity index (χ3v) is 5.43. The first-order chi connectivity index (χ1) is 13.6. The van der Waals surface area contributed by atoms with Crippen LogP contribution in [0.2, 0.25) is 0 Å². The van der Waals surface area contributed by atoms with Crippen LogP contribution in [0.4, 0.5) is 4.79 Å². The lowest BCUT2D eigenvalue weighted by Crippen LogP contribution is -2.70. The maximum atomic E-state index is 13.3. The van der Waals surface area contributed by atoms with Gasteiger partial charge in [0.25, 0.3) is 23.0 Å². The Bertz CT molecular complexity index is 1170. The van der Waals surface area contributed by atoms with Gasteiger partial charge in [-0.25, -0.2) is 9.59 Å². The largest absolute Gasteiger partial charge is 0.450 e. The number of rotatable bonds is 1. The van der Waals surface area contributed by atoms with Crippen LogP contribution in [0.25, 0.3) is 0 Å². The smallest absolute Gasteiger partial charge is 0.333 e. The van der Waals surface area contributed by atoms with Crippen LogP contribution in [0, 0.1) is 0 Å². The molecule has 2 aliphatic heterocycles. The van der Waals surface area contributed by atoms with Gasteiger partial charge < -0.3 is 4.74 Å². The summed E-state index contributed by atoms with van der Waals surface area (Å²) in [6.07, 6.45) is 2.91. The van der Waals surface area contributed by atoms with Crippen molar-refractivity contribution in [3.05, 3.63) is 56.5 Å². The van der Waals surface area contributed by atoms with Gasteiger partial charge in [-0.15, -0.1) is 0 Å². The number of nitrogens with zero attached hydrogens (tertiary/aromatic N) is 5. The Morgan fingerprint density at radius 2 is 1.59 bits per heavy atom. The maximum absolute atomic E-state index is 13.3. The maximum Gasteiger partial charge on any atom is 0.333 e. The Labute approximate surface area is 163 Å². The van der Waals surface area contributed by atoms with Crippen LogP contribution < -0.4 is 16.0 Å². The molecule has 1 fully saturated rings. The van der Waals surface area contributed by atoms with Crippen LogP contribution in [0.3, 0.4) is 0 Å². The molecule has 1 saturated heterocycles. The van der Waals surface area contributed by atoms with Crippen molar-refractivity contribution >= 4 is 17.8 Å². The van der Waals surface area contributed by atoms with E-state index in [2.05, 4.69) is 4.98 Å². The van der Waals surface area contributed by atoms with Gasteiger partial charge in [-0.3, -0.25) is 38.3 Å². The average molecular weight is 399 g/mol. The molecule has 0 radical (unpaired) electrons. The van der Waals surface area contributed by atoms with E-state index in [1.807, 2.05) is 0 Å². The highest BCUT2D eigenvalue weighted by atomic mass is 16.5. The van der Waals surface area contributed by atoms with Crippen LogP contribution in [-0.4, -0.2) is 61.5 Å². The summed E-state index contributed by atoms with van der Waals surface area (Å²) >= 11 is 0. The Hall–Kier alpha value is -3.76. The van der Waals surface area contributed by atoms with E-state index in [0.717, 1.165) is 18.9 Å². The molecule has 1 spiro atoms. The molecule has 11 heteroatoms. The molecule has 4 amide bonds. The van der Waals surface area contributed by atoms with E-state index < -0.39 is 40.6 Å². The van der Waals surface area contributed by atoms with E-state index in [1.54, 1.807) is 12.1 Å². The standard InChI is InChI=1S/C18H17N5O6/c1-20-12(24)10-11(9-6-5-7-19-8-9)18(29-13(10)21(2)16(20)27)14(25)22(3)17(28)23(4)15(18)26/h5-8,11H,1-4H3. The quantitative estimate of drug-likeness (QED) is 0.551. The van der Waals surface area contributed by atoms with Gasteiger partial charge in [0.15, 0.2) is 0 Å². The van der Waals surface area contributed by atoms with E-state index in [9.17, 15) is 24.0 Å². The van der Waals surface area contributed by atoms with Crippen molar-refractivity contribution in [2.24, 2.45) is 14.1 Å². The second kappa shape index (κ2) is 5.87. The molecule has 0 N–H and O–H groups in total. The van der Waals surface area contributed by atoms with E-state index >= 15 is 0 Å². The first-order valence-corrected chi connectivity index (χ1v) is 8.63. The number of ether oxygens (including phenoxy) is 1. The fourth-order valence-electron chi connectivity index (χ4n) is 3.91. The number of barbiturate groups is 1. The second-order valence-corrected chi connectivity index (χ2v) is 6.99. The zero-order chi connectivity index (χ0) is 21.2. The summed E-state index contributed by atoms with van der Waals surface area (Å²) in [5, 5.41) is 0. The summed E-state index contributed by atoms with van der Waals surface area (Å²) in [5.41, 5.74) is -3.29. The zero-order valence-electron chi connectivity index (χ0n) is 16.1. The molecule has 1 atom stereocenters. The van der Waals surface area contributed by atoms with Gasteiger partial charge in [0, 0.05) is 40.6 Å². The lowest BCUT2D eigenvalue weighted by atomic mass is 9.77. The normalized spacial score (nSPS) is 20.3. The Balaban J connectivity index is 2.12. The number of carbonyl (C=O) groups excluding carboxylic acids is 3. The molecular formula is C18H17N5O6. The summed E-state index contributed by atoms with van der Waals surface area (Å²) in [4.78, 5) is 69.8. The number of hydrogen-bond donors (Lipinski definition) is 0. The molecule has 11 nitrogen and oxygen atoms in total. The van der Waals surface area contributed by atoms with Crippen molar-refractivity contribution in [1.29, 1.82) is 0 Å². The predicted molar refractivity (Wildman–Crippen MR) is 97.3 cm³/mol. The predicted octanol–water partition coefficient (Wildman–Crippen LogP) is -1.21. The summed E-state index contributed by atoms with van der Waals surface area (Å²) in [5.74, 6) is -3.24. The molecule has 4 heterocycles. The van der Waals surface area contributed by atoms with Gasteiger partial charge in [-0.2, -0.15) is 0 Å². The van der Waals surface area contributed by atoms with Crippen molar-refractivity contribution in [3.63, 3.8) is 0 Å². The molecule has 29 heavy (non-hydrogen) atoms. The Morgan fingerprint density at radius 1 is 0.966 bits per heavy atom. The van der Waals surface area contributed by atoms with Gasteiger partial charge in [0.05, 0.1) is 11.5 Å². The Morgan fingerprint density at radius 3 is 2.14 bits per heavy atom. The molecule has 0 saturated carbocycles. The number of likely N-dealkylation sites (N-methyl/N-ethyl adjacent to an activating group) is 2. The van der Waals surface area contributed by atoms with Gasteiger partial charge in [0.1, 0.15) is 0 Å². The lowest BCUT2D eigenvalue weighted by Gasteiger charge is -2.41. The molecular weight excluding hydrogens is 382 g/mol. The number of carbonyl (C=O) groups is 3. The minimum Gasteiger partial charge on any atom is -0.450 e. The van der Waals surface area contributed by atoms with Crippen LogP contribution in [0.15, 0.2) is 34.1 Å². The van der Waals surface area contributed by atoms with E-state index in [-0.39, 0.29) is 11.4 Å². The SMILES string of the molecule is CN1C(=O)N(C)C(=O)C2(Oc3c(c(=O)n(C)c(=O)n3C)C2c2cccnc2)C1=O. The summed E-state index contributed by atoms with van der Waals surface area (Å²) in [6.45, 7) is 0. The number of aromatic nitrogens is 3. The number of hydrogen-bond acceptors (Lipinski definition) is 7. The number of urea groups is 1. The van der Waals surface area contributed by atoms with Crippen LogP contribution in [0.1, 0.15) is 17.0 Å². The van der Waals surface area contributed by atoms with Crippen molar-refractivity contribution in [3.8, 4) is 5.88 Å². The fourth-order valence-corrected chi connectivity index (χ4v) is 3.91. The second-order valence-electron chi connectivity index (χ2n) is 6.99. The van der Waals surface area contributed by atoms with Crippen LogP contribution in [0.5, 0.6) is 5.88 Å². The number of amides is 4. The summed E-state index contributed by atoms with van der Waals surface area (Å²) in [7, 11) is 5.11. The van der Waals surface area contributed by atoms with E-state index in [1.165, 1.54) is 40.6 Å². The minimum atomic E-state index is -2.25. The third-order valence-electron chi connectivity index (χ3n) is 5.43. The molecule has 0 aromatic carbocycles. The molecule has 1 unspecified atom stereocenters. The van der Waals surface area contributed by atoms with Crippen LogP contribution >= 0.6 is 0 Å². The molecule has 0 aliphatic carbocycles. The van der Waals surface area contributed by atoms with Gasteiger partial charge in [0.2, 0.25) is 5.88 Å². The fraction of sp³-hybridized carbons (Fsp3) is 0.333. The highest BCUT2D eigenvalue weighted by molar-refractivity contribution is 6.22. The average Bonchev–Trinajstić information content (AvgIpc) is 3.10. The minimum absolute atomic E-state index is 0.0274. The highest BCUT2D eigenvalue weighted by Crippen LogP contribution is 2.49. The summed E-state index contributed by atoms with van der Waals surface area (Å²) in [6, 6.07) is 2.36. The number of imide groups is 2. The summed E-state index contributed by atoms with van der Waals surface area (Å²) < 4.78 is 7.79. The Kier molecular flexibility index (Phi) is 3.76. The molecule has 150 valence electrons. The molecule has 2 aromatic rings.